The molecule has 0 spiro atoms. The lowest BCUT2D eigenvalue weighted by Gasteiger charge is -2.19. The van der Waals surface area contributed by atoms with E-state index in [2.05, 4.69) is 56.4 Å². The van der Waals surface area contributed by atoms with Crippen LogP contribution in [0.1, 0.15) is 38.8 Å². The number of hydrogen-bond acceptors (Lipinski definition) is 2. The molecule has 0 aliphatic rings. The van der Waals surface area contributed by atoms with E-state index in [-0.39, 0.29) is 0 Å². The zero-order valence-corrected chi connectivity index (χ0v) is 12.2. The maximum atomic E-state index is 5.25. The smallest absolute Gasteiger partial charge is 0.119 e. The van der Waals surface area contributed by atoms with E-state index in [1.165, 1.54) is 16.3 Å². The summed E-state index contributed by atoms with van der Waals surface area (Å²) in [6, 6.07) is 13.7. The van der Waals surface area contributed by atoms with Gasteiger partial charge in [0.15, 0.2) is 0 Å². The second kappa shape index (κ2) is 6.07. The van der Waals surface area contributed by atoms with Crippen LogP contribution in [-0.4, -0.2) is 13.2 Å². The van der Waals surface area contributed by atoms with Crippen LogP contribution < -0.4 is 10.1 Å². The molecule has 102 valence electrons. The molecule has 0 amide bonds. The second-order valence-electron chi connectivity index (χ2n) is 5.17. The van der Waals surface area contributed by atoms with E-state index in [0.29, 0.717) is 12.1 Å². The van der Waals surface area contributed by atoms with Gasteiger partial charge in [-0.05, 0) is 54.8 Å². The second-order valence-corrected chi connectivity index (χ2v) is 5.17. The first-order valence-electron chi connectivity index (χ1n) is 6.97. The van der Waals surface area contributed by atoms with Crippen molar-refractivity contribution in [3.63, 3.8) is 0 Å². The lowest BCUT2D eigenvalue weighted by atomic mass is 10.0. The molecule has 0 saturated heterocycles. The van der Waals surface area contributed by atoms with Crippen molar-refractivity contribution in [1.82, 2.24) is 5.32 Å². The van der Waals surface area contributed by atoms with Crippen LogP contribution in [0.2, 0.25) is 0 Å². The van der Waals surface area contributed by atoms with Gasteiger partial charge in [0, 0.05) is 12.1 Å². The minimum atomic E-state index is 0.376. The minimum Gasteiger partial charge on any atom is -0.497 e. The number of benzene rings is 2. The molecule has 2 aromatic carbocycles. The van der Waals surface area contributed by atoms with Crippen molar-refractivity contribution in [3.05, 3.63) is 42.0 Å². The van der Waals surface area contributed by atoms with E-state index in [1.54, 1.807) is 7.11 Å². The van der Waals surface area contributed by atoms with Crippen LogP contribution in [0.3, 0.4) is 0 Å². The summed E-state index contributed by atoms with van der Waals surface area (Å²) in [5.41, 5.74) is 1.33. The minimum absolute atomic E-state index is 0.376. The van der Waals surface area contributed by atoms with Gasteiger partial charge in [-0.2, -0.15) is 0 Å². The van der Waals surface area contributed by atoms with Crippen molar-refractivity contribution in [1.29, 1.82) is 0 Å². The summed E-state index contributed by atoms with van der Waals surface area (Å²) in [6.45, 7) is 6.65. The molecular formula is C17H23NO. The van der Waals surface area contributed by atoms with E-state index >= 15 is 0 Å². The number of fused-ring (bicyclic) bond motifs is 1. The van der Waals surface area contributed by atoms with Crippen molar-refractivity contribution >= 4 is 10.8 Å². The lowest BCUT2D eigenvalue weighted by Crippen LogP contribution is -2.28. The highest BCUT2D eigenvalue weighted by Gasteiger charge is 2.08. The van der Waals surface area contributed by atoms with E-state index in [1.807, 2.05) is 6.07 Å². The Kier molecular flexibility index (Phi) is 4.43. The van der Waals surface area contributed by atoms with Crippen LogP contribution in [0.15, 0.2) is 36.4 Å². The van der Waals surface area contributed by atoms with E-state index in [0.717, 1.165) is 12.2 Å². The first-order chi connectivity index (χ1) is 9.13. The standard InChI is InChI=1S/C17H23NO/c1-5-12(2)18-13(3)14-6-7-16-11-17(19-4)9-8-15(16)10-14/h6-13,18H,5H2,1-4H3. The van der Waals surface area contributed by atoms with Gasteiger partial charge in [0.05, 0.1) is 7.11 Å². The first-order valence-corrected chi connectivity index (χ1v) is 6.97. The molecule has 2 unspecified atom stereocenters. The molecule has 19 heavy (non-hydrogen) atoms. The van der Waals surface area contributed by atoms with Gasteiger partial charge < -0.3 is 10.1 Å². The Balaban J connectivity index is 2.26. The third-order valence-corrected chi connectivity index (χ3v) is 3.72. The molecule has 0 saturated carbocycles. The van der Waals surface area contributed by atoms with Crippen LogP contribution in [0.5, 0.6) is 5.75 Å². The van der Waals surface area contributed by atoms with Gasteiger partial charge in [-0.25, -0.2) is 0 Å². The average molecular weight is 257 g/mol. The Hall–Kier alpha value is -1.54. The zero-order valence-electron chi connectivity index (χ0n) is 12.2. The van der Waals surface area contributed by atoms with E-state index < -0.39 is 0 Å². The predicted octanol–water partition coefficient (Wildman–Crippen LogP) is 4.30. The molecule has 0 bridgehead atoms. The third kappa shape index (κ3) is 3.27. The van der Waals surface area contributed by atoms with Gasteiger partial charge in [-0.15, -0.1) is 0 Å². The van der Waals surface area contributed by atoms with Gasteiger partial charge in [0.1, 0.15) is 5.75 Å². The Bertz CT molecular complexity index is 550. The highest BCUT2D eigenvalue weighted by Crippen LogP contribution is 2.24. The molecule has 2 rings (SSSR count). The highest BCUT2D eigenvalue weighted by atomic mass is 16.5. The Labute approximate surface area is 115 Å². The maximum absolute atomic E-state index is 5.25. The number of ether oxygens (including phenoxy) is 1. The summed E-state index contributed by atoms with van der Waals surface area (Å²) in [7, 11) is 1.70. The van der Waals surface area contributed by atoms with Crippen LogP contribution in [0.4, 0.5) is 0 Å². The fourth-order valence-electron chi connectivity index (χ4n) is 2.28. The monoisotopic (exact) mass is 257 g/mol. The largest absolute Gasteiger partial charge is 0.497 e. The molecule has 2 aromatic rings. The van der Waals surface area contributed by atoms with Gasteiger partial charge in [0.2, 0.25) is 0 Å². The SMILES string of the molecule is CCC(C)NC(C)c1ccc2cc(OC)ccc2c1. The number of nitrogens with one attached hydrogen (secondary N) is 1. The summed E-state index contributed by atoms with van der Waals surface area (Å²) >= 11 is 0. The summed E-state index contributed by atoms with van der Waals surface area (Å²) < 4.78 is 5.25. The van der Waals surface area contributed by atoms with E-state index in [9.17, 15) is 0 Å². The molecule has 0 aromatic heterocycles. The molecule has 2 nitrogen and oxygen atoms in total. The average Bonchev–Trinajstić information content (AvgIpc) is 2.45. The van der Waals surface area contributed by atoms with Crippen molar-refractivity contribution in [3.8, 4) is 5.75 Å². The number of hydrogen-bond donors (Lipinski definition) is 1. The topological polar surface area (TPSA) is 21.3 Å². The normalized spacial score (nSPS) is 14.3. The number of methoxy groups -OCH3 is 1. The molecule has 0 heterocycles. The zero-order chi connectivity index (χ0) is 13.8. The summed E-state index contributed by atoms with van der Waals surface area (Å²) in [6.07, 6.45) is 1.15. The van der Waals surface area contributed by atoms with Crippen LogP contribution in [-0.2, 0) is 0 Å². The van der Waals surface area contributed by atoms with Crippen molar-refractivity contribution in [2.75, 3.05) is 7.11 Å². The highest BCUT2D eigenvalue weighted by molar-refractivity contribution is 5.84. The molecule has 1 N–H and O–H groups in total. The van der Waals surface area contributed by atoms with Crippen molar-refractivity contribution < 1.29 is 4.74 Å². The quantitative estimate of drug-likeness (QED) is 0.862. The Morgan fingerprint density at radius 3 is 2.42 bits per heavy atom. The van der Waals surface area contributed by atoms with E-state index in [4.69, 9.17) is 4.74 Å². The molecule has 0 aliphatic carbocycles. The number of rotatable bonds is 5. The summed E-state index contributed by atoms with van der Waals surface area (Å²) in [5, 5.41) is 6.09. The van der Waals surface area contributed by atoms with Crippen LogP contribution >= 0.6 is 0 Å². The lowest BCUT2D eigenvalue weighted by molar-refractivity contribution is 0.415. The third-order valence-electron chi connectivity index (χ3n) is 3.72. The summed E-state index contributed by atoms with van der Waals surface area (Å²) in [4.78, 5) is 0. The Morgan fingerprint density at radius 1 is 1.05 bits per heavy atom. The molecule has 2 atom stereocenters. The molecule has 2 heteroatoms. The van der Waals surface area contributed by atoms with Gasteiger partial charge in [-0.1, -0.05) is 25.1 Å². The Morgan fingerprint density at radius 2 is 1.74 bits per heavy atom. The maximum Gasteiger partial charge on any atom is 0.119 e. The predicted molar refractivity (Wildman–Crippen MR) is 81.8 cm³/mol. The van der Waals surface area contributed by atoms with Crippen LogP contribution in [0, 0.1) is 0 Å². The molecular weight excluding hydrogens is 234 g/mol. The van der Waals surface area contributed by atoms with Crippen molar-refractivity contribution in [2.45, 2.75) is 39.3 Å². The first kappa shape index (κ1) is 13.9. The van der Waals surface area contributed by atoms with Gasteiger partial charge >= 0.3 is 0 Å². The fraction of sp³-hybridized carbons (Fsp3) is 0.412. The molecule has 0 fully saturated rings. The van der Waals surface area contributed by atoms with Gasteiger partial charge in [0.25, 0.3) is 0 Å². The fourth-order valence-corrected chi connectivity index (χ4v) is 2.28. The van der Waals surface area contributed by atoms with Crippen LogP contribution in [0.25, 0.3) is 10.8 Å². The molecule has 0 radical (unpaired) electrons. The summed E-state index contributed by atoms with van der Waals surface area (Å²) in [5.74, 6) is 0.908. The molecule has 0 aliphatic heterocycles. The van der Waals surface area contributed by atoms with Crippen molar-refractivity contribution in [2.24, 2.45) is 0 Å². The van der Waals surface area contributed by atoms with Gasteiger partial charge in [-0.3, -0.25) is 0 Å².